The second kappa shape index (κ2) is 8.35. The smallest absolute Gasteiger partial charge is 0.241 e. The van der Waals surface area contributed by atoms with Crippen LogP contribution in [0.5, 0.6) is 5.75 Å². The summed E-state index contributed by atoms with van der Waals surface area (Å²) in [6, 6.07) is 23.3. The van der Waals surface area contributed by atoms with Crippen molar-refractivity contribution in [3.63, 3.8) is 0 Å². The van der Waals surface area contributed by atoms with Crippen molar-refractivity contribution in [2.75, 3.05) is 7.11 Å². The van der Waals surface area contributed by atoms with Crippen LogP contribution in [0.25, 0.3) is 0 Å². The maximum absolute atomic E-state index is 12.9. The fraction of sp³-hybridized carbons (Fsp3) is 0.143. The molecule has 6 heteroatoms. The number of nitrogens with one attached hydrogen (secondary N) is 1. The Morgan fingerprint density at radius 1 is 0.815 bits per heavy atom. The molecule has 0 fully saturated rings. The lowest BCUT2D eigenvalue weighted by Gasteiger charge is -2.25. The van der Waals surface area contributed by atoms with Gasteiger partial charge >= 0.3 is 0 Å². The van der Waals surface area contributed by atoms with E-state index in [1.807, 2.05) is 24.3 Å². The standard InChI is InChI=1S/C21H21NO4S/c1-26-18-12-14-19(15-13-18)27(24,25)22-20(16-8-4-2-5-9-16)21(23)17-10-6-3-7-11-17/h2-15,20-23H,1H3/t20-,21+/m0/s1. The lowest BCUT2D eigenvalue weighted by atomic mass is 9.97. The molecule has 0 bridgehead atoms. The maximum atomic E-state index is 12.9. The van der Waals surface area contributed by atoms with Crippen LogP contribution in [0.2, 0.25) is 0 Å². The van der Waals surface area contributed by atoms with Gasteiger partial charge in [0.05, 0.1) is 24.2 Å². The zero-order valence-electron chi connectivity index (χ0n) is 14.8. The molecular formula is C21H21NO4S. The van der Waals surface area contributed by atoms with Crippen molar-refractivity contribution in [3.05, 3.63) is 96.1 Å². The number of aliphatic hydroxyl groups is 1. The fourth-order valence-corrected chi connectivity index (χ4v) is 4.04. The van der Waals surface area contributed by atoms with E-state index >= 15 is 0 Å². The third kappa shape index (κ3) is 4.54. The highest BCUT2D eigenvalue weighted by Gasteiger charge is 2.28. The molecule has 0 aliphatic heterocycles. The number of ether oxygens (including phenoxy) is 1. The van der Waals surface area contributed by atoms with Crippen LogP contribution in [0.3, 0.4) is 0 Å². The van der Waals surface area contributed by atoms with Gasteiger partial charge in [0.1, 0.15) is 5.75 Å². The summed E-state index contributed by atoms with van der Waals surface area (Å²) in [5, 5.41) is 10.9. The normalized spacial score (nSPS) is 13.7. The van der Waals surface area contributed by atoms with Gasteiger partial charge in [-0.2, -0.15) is 0 Å². The Morgan fingerprint density at radius 3 is 1.85 bits per heavy atom. The van der Waals surface area contributed by atoms with Crippen molar-refractivity contribution in [3.8, 4) is 5.75 Å². The van der Waals surface area contributed by atoms with E-state index < -0.39 is 22.2 Å². The summed E-state index contributed by atoms with van der Waals surface area (Å²) < 4.78 is 33.5. The maximum Gasteiger partial charge on any atom is 0.241 e. The lowest BCUT2D eigenvalue weighted by Crippen LogP contribution is -2.32. The molecule has 0 heterocycles. The number of aliphatic hydroxyl groups excluding tert-OH is 1. The van der Waals surface area contributed by atoms with Gasteiger partial charge in [-0.3, -0.25) is 0 Å². The van der Waals surface area contributed by atoms with Crippen molar-refractivity contribution in [1.29, 1.82) is 0 Å². The monoisotopic (exact) mass is 383 g/mol. The van der Waals surface area contributed by atoms with Gasteiger partial charge in [0.25, 0.3) is 0 Å². The zero-order valence-corrected chi connectivity index (χ0v) is 15.6. The van der Waals surface area contributed by atoms with E-state index in [-0.39, 0.29) is 4.90 Å². The van der Waals surface area contributed by atoms with Crippen molar-refractivity contribution < 1.29 is 18.3 Å². The van der Waals surface area contributed by atoms with Gasteiger partial charge in [-0.05, 0) is 35.4 Å². The predicted octanol–water partition coefficient (Wildman–Crippen LogP) is 3.45. The molecule has 140 valence electrons. The van der Waals surface area contributed by atoms with Gasteiger partial charge in [-0.1, -0.05) is 60.7 Å². The second-order valence-corrected chi connectivity index (χ2v) is 7.75. The average Bonchev–Trinajstić information content (AvgIpc) is 2.73. The Hall–Kier alpha value is -2.67. The molecule has 0 aliphatic carbocycles. The minimum Gasteiger partial charge on any atom is -0.497 e. The van der Waals surface area contributed by atoms with Crippen molar-refractivity contribution in [1.82, 2.24) is 4.72 Å². The van der Waals surface area contributed by atoms with Crippen LogP contribution in [0.1, 0.15) is 23.3 Å². The largest absolute Gasteiger partial charge is 0.497 e. The van der Waals surface area contributed by atoms with Gasteiger partial charge < -0.3 is 9.84 Å². The molecule has 3 aromatic rings. The minimum absolute atomic E-state index is 0.101. The molecular weight excluding hydrogens is 362 g/mol. The van der Waals surface area contributed by atoms with Crippen LogP contribution in [0.15, 0.2) is 89.8 Å². The SMILES string of the molecule is COc1ccc(S(=O)(=O)N[C@@H](c2ccccc2)[C@H](O)c2ccccc2)cc1. The van der Waals surface area contributed by atoms with E-state index in [1.165, 1.54) is 19.2 Å². The molecule has 0 radical (unpaired) electrons. The summed E-state index contributed by atoms with van der Waals surface area (Å²) in [7, 11) is -2.33. The van der Waals surface area contributed by atoms with Crippen LogP contribution < -0.4 is 9.46 Å². The zero-order chi connectivity index (χ0) is 19.3. The van der Waals surface area contributed by atoms with E-state index in [0.717, 1.165) is 0 Å². The highest BCUT2D eigenvalue weighted by Crippen LogP contribution is 2.30. The summed E-state index contributed by atoms with van der Waals surface area (Å²) in [5.74, 6) is 0.567. The topological polar surface area (TPSA) is 75.6 Å². The van der Waals surface area contributed by atoms with Crippen LogP contribution in [0.4, 0.5) is 0 Å². The van der Waals surface area contributed by atoms with E-state index in [0.29, 0.717) is 16.9 Å². The third-order valence-electron chi connectivity index (χ3n) is 4.27. The molecule has 2 atom stereocenters. The quantitative estimate of drug-likeness (QED) is 0.655. The number of sulfonamides is 1. The van der Waals surface area contributed by atoms with Crippen LogP contribution >= 0.6 is 0 Å². The van der Waals surface area contributed by atoms with E-state index in [2.05, 4.69) is 4.72 Å². The third-order valence-corrected chi connectivity index (χ3v) is 5.72. The highest BCUT2D eigenvalue weighted by atomic mass is 32.2. The van der Waals surface area contributed by atoms with Crippen LogP contribution in [0, 0.1) is 0 Å². The first-order valence-corrected chi connectivity index (χ1v) is 9.94. The Bertz CT molecular complexity index is 958. The van der Waals surface area contributed by atoms with E-state index in [9.17, 15) is 13.5 Å². The van der Waals surface area contributed by atoms with Crippen LogP contribution in [-0.4, -0.2) is 20.6 Å². The molecule has 5 nitrogen and oxygen atoms in total. The molecule has 0 spiro atoms. The average molecular weight is 383 g/mol. The molecule has 3 rings (SSSR count). The summed E-state index contributed by atoms with van der Waals surface area (Å²) >= 11 is 0. The predicted molar refractivity (Wildman–Crippen MR) is 104 cm³/mol. The lowest BCUT2D eigenvalue weighted by molar-refractivity contribution is 0.139. The first-order valence-electron chi connectivity index (χ1n) is 8.45. The first-order chi connectivity index (χ1) is 13.0. The summed E-state index contributed by atoms with van der Waals surface area (Å²) in [6.07, 6.45) is -1.04. The Morgan fingerprint density at radius 2 is 1.33 bits per heavy atom. The van der Waals surface area contributed by atoms with E-state index in [1.54, 1.807) is 48.5 Å². The number of methoxy groups -OCH3 is 1. The first kappa shape index (κ1) is 19.1. The molecule has 0 saturated carbocycles. The number of rotatable bonds is 7. The Balaban J connectivity index is 1.95. The second-order valence-electron chi connectivity index (χ2n) is 6.04. The Kier molecular flexibility index (Phi) is 5.91. The molecule has 0 saturated heterocycles. The number of benzene rings is 3. The molecule has 3 aromatic carbocycles. The van der Waals surface area contributed by atoms with Crippen LogP contribution in [-0.2, 0) is 10.0 Å². The van der Waals surface area contributed by atoms with Gasteiger partial charge in [-0.25, -0.2) is 13.1 Å². The molecule has 2 N–H and O–H groups in total. The highest BCUT2D eigenvalue weighted by molar-refractivity contribution is 7.89. The van der Waals surface area contributed by atoms with Gasteiger partial charge in [0.2, 0.25) is 10.0 Å². The number of hydrogen-bond donors (Lipinski definition) is 2. The summed E-state index contributed by atoms with van der Waals surface area (Å²) in [4.78, 5) is 0.101. The molecule has 0 amide bonds. The molecule has 0 unspecified atom stereocenters. The van der Waals surface area contributed by atoms with Crippen molar-refractivity contribution >= 4 is 10.0 Å². The van der Waals surface area contributed by atoms with E-state index in [4.69, 9.17) is 4.74 Å². The van der Waals surface area contributed by atoms with Gasteiger partial charge in [0, 0.05) is 0 Å². The van der Waals surface area contributed by atoms with Gasteiger partial charge in [0.15, 0.2) is 0 Å². The molecule has 27 heavy (non-hydrogen) atoms. The number of hydrogen-bond acceptors (Lipinski definition) is 4. The summed E-state index contributed by atoms with van der Waals surface area (Å²) in [5.41, 5.74) is 1.30. The molecule has 0 aliphatic rings. The van der Waals surface area contributed by atoms with Crippen molar-refractivity contribution in [2.24, 2.45) is 0 Å². The van der Waals surface area contributed by atoms with Gasteiger partial charge in [-0.15, -0.1) is 0 Å². The minimum atomic E-state index is -3.85. The summed E-state index contributed by atoms with van der Waals surface area (Å²) in [6.45, 7) is 0. The molecule has 0 aromatic heterocycles. The van der Waals surface area contributed by atoms with Crippen molar-refractivity contribution in [2.45, 2.75) is 17.0 Å². The fourth-order valence-electron chi connectivity index (χ4n) is 2.81. The Labute approximate surface area is 159 Å².